The van der Waals surface area contributed by atoms with Crippen LogP contribution < -0.4 is 25.2 Å². The zero-order chi connectivity index (χ0) is 30.6. The van der Waals surface area contributed by atoms with E-state index in [0.717, 1.165) is 16.7 Å². The Labute approximate surface area is 252 Å². The van der Waals surface area contributed by atoms with Gasteiger partial charge in [0.25, 0.3) is 11.5 Å². The summed E-state index contributed by atoms with van der Waals surface area (Å²) in [4.78, 5) is 37.6. The average molecular weight is 626 g/mol. The van der Waals surface area contributed by atoms with E-state index in [1.807, 2.05) is 29.5 Å². The number of pyridine rings is 1. The molecule has 0 bridgehead atoms. The smallest absolute Gasteiger partial charge is 0.301 e. The molecule has 14 heteroatoms. The maximum absolute atomic E-state index is 13.9. The topological polar surface area (TPSA) is 138 Å². The fourth-order valence-corrected chi connectivity index (χ4v) is 6.54. The molecular weight excluding hydrogens is 597 g/mol. The number of fused-ring (bicyclic) bond motifs is 2. The Morgan fingerprint density at radius 1 is 1.09 bits per heavy atom. The van der Waals surface area contributed by atoms with Gasteiger partial charge in [-0.25, -0.2) is 19.1 Å². The molecule has 1 saturated carbocycles. The van der Waals surface area contributed by atoms with Gasteiger partial charge < -0.3 is 10.2 Å². The summed E-state index contributed by atoms with van der Waals surface area (Å²) >= 11 is 6.08. The predicted octanol–water partition coefficient (Wildman–Crippen LogP) is 3.85. The standard InChI is InChI=1S/C29H29ClFN7O4S/c1-15-10-21(16(2)32-23-8-9-24(30)33-26(23)27(39)36-43(41,42)35-20-6-7-20)25-22(11-15)28(40)37(3)29(34-25)38-13-17-4-5-19(31)12-18(17)14-38/h4-5,8-12,16,20,32,35H,6-7,13-14H2,1-3H3,(H,36,39)/t16-/m1/s1. The normalized spacial score (nSPS) is 15.4. The lowest BCUT2D eigenvalue weighted by atomic mass is 10.0. The summed E-state index contributed by atoms with van der Waals surface area (Å²) in [6, 6.07) is 10.7. The fourth-order valence-electron chi connectivity index (χ4n) is 5.31. The van der Waals surface area contributed by atoms with Gasteiger partial charge in [0.15, 0.2) is 5.69 Å². The largest absolute Gasteiger partial charge is 0.377 e. The third-order valence-corrected chi connectivity index (χ3v) is 8.85. The number of anilines is 2. The molecule has 43 heavy (non-hydrogen) atoms. The third-order valence-electron chi connectivity index (χ3n) is 7.55. The summed E-state index contributed by atoms with van der Waals surface area (Å²) in [5, 5.41) is 3.67. The molecule has 1 amide bonds. The molecule has 1 fully saturated rings. The minimum absolute atomic E-state index is 0.0122. The lowest BCUT2D eigenvalue weighted by Gasteiger charge is -2.23. The first-order valence-electron chi connectivity index (χ1n) is 13.7. The van der Waals surface area contributed by atoms with Gasteiger partial charge >= 0.3 is 10.2 Å². The number of nitrogens with one attached hydrogen (secondary N) is 3. The van der Waals surface area contributed by atoms with E-state index >= 15 is 0 Å². The van der Waals surface area contributed by atoms with Crippen molar-refractivity contribution in [3.05, 3.63) is 91.7 Å². The highest BCUT2D eigenvalue weighted by atomic mass is 35.5. The summed E-state index contributed by atoms with van der Waals surface area (Å²) in [5.74, 6) is -0.827. The van der Waals surface area contributed by atoms with Crippen LogP contribution in [0.2, 0.25) is 5.15 Å². The van der Waals surface area contributed by atoms with Crippen molar-refractivity contribution in [2.75, 3.05) is 10.2 Å². The first-order valence-corrected chi connectivity index (χ1v) is 15.6. The second-order valence-electron chi connectivity index (χ2n) is 11.0. The molecular formula is C29H29ClFN7O4S. The molecule has 2 aromatic carbocycles. The van der Waals surface area contributed by atoms with Gasteiger partial charge in [-0.2, -0.15) is 13.1 Å². The highest BCUT2D eigenvalue weighted by Gasteiger charge is 2.30. The number of amides is 1. The van der Waals surface area contributed by atoms with Crippen LogP contribution in [0.25, 0.3) is 10.9 Å². The van der Waals surface area contributed by atoms with Gasteiger partial charge in [-0.05, 0) is 73.7 Å². The van der Waals surface area contributed by atoms with Crippen molar-refractivity contribution in [2.45, 2.75) is 51.9 Å². The van der Waals surface area contributed by atoms with Gasteiger partial charge in [0.05, 0.1) is 22.6 Å². The van der Waals surface area contributed by atoms with Crippen LogP contribution in [-0.4, -0.2) is 34.9 Å². The second kappa shape index (κ2) is 10.9. The van der Waals surface area contributed by atoms with Crippen LogP contribution in [-0.2, 0) is 30.3 Å². The van der Waals surface area contributed by atoms with Gasteiger partial charge in [0, 0.05) is 31.7 Å². The lowest BCUT2D eigenvalue weighted by Crippen LogP contribution is -2.41. The van der Waals surface area contributed by atoms with Crippen molar-refractivity contribution in [2.24, 2.45) is 7.05 Å². The molecule has 0 saturated heterocycles. The Balaban J connectivity index is 1.35. The van der Waals surface area contributed by atoms with Crippen LogP contribution in [0.3, 0.4) is 0 Å². The van der Waals surface area contributed by atoms with E-state index in [1.165, 1.54) is 28.8 Å². The molecule has 0 unspecified atom stereocenters. The summed E-state index contributed by atoms with van der Waals surface area (Å²) in [6.07, 6.45) is 1.42. The van der Waals surface area contributed by atoms with Gasteiger partial charge in [-0.3, -0.25) is 14.2 Å². The molecule has 2 aromatic heterocycles. The Hall–Kier alpha value is -4.07. The third kappa shape index (κ3) is 5.92. The van der Waals surface area contributed by atoms with Crippen molar-refractivity contribution < 1.29 is 17.6 Å². The molecule has 3 heterocycles. The van der Waals surface area contributed by atoms with Crippen molar-refractivity contribution in [3.63, 3.8) is 0 Å². The van der Waals surface area contributed by atoms with Gasteiger partial charge in [-0.1, -0.05) is 23.7 Å². The van der Waals surface area contributed by atoms with E-state index < -0.39 is 22.2 Å². The van der Waals surface area contributed by atoms with Crippen molar-refractivity contribution in [1.82, 2.24) is 24.0 Å². The Morgan fingerprint density at radius 2 is 1.84 bits per heavy atom. The molecule has 1 aliphatic heterocycles. The van der Waals surface area contributed by atoms with E-state index in [1.54, 1.807) is 19.2 Å². The van der Waals surface area contributed by atoms with Crippen LogP contribution >= 0.6 is 11.6 Å². The minimum atomic E-state index is -4.09. The highest BCUT2D eigenvalue weighted by Crippen LogP contribution is 2.32. The first kappa shape index (κ1) is 29.0. The summed E-state index contributed by atoms with van der Waals surface area (Å²) in [5.41, 5.74) is 3.58. The molecule has 0 radical (unpaired) electrons. The number of hydrogen-bond donors (Lipinski definition) is 3. The lowest BCUT2D eigenvalue weighted by molar-refractivity contribution is 0.0977. The number of nitrogens with zero attached hydrogens (tertiary/aromatic N) is 4. The number of carbonyl (C=O) groups is 1. The number of aryl methyl sites for hydroxylation is 1. The van der Waals surface area contributed by atoms with Crippen molar-refractivity contribution >= 4 is 50.3 Å². The number of aromatic nitrogens is 3. The maximum Gasteiger partial charge on any atom is 0.301 e. The zero-order valence-corrected chi connectivity index (χ0v) is 25.2. The van der Waals surface area contributed by atoms with Crippen molar-refractivity contribution in [1.29, 1.82) is 0 Å². The van der Waals surface area contributed by atoms with E-state index in [2.05, 4.69) is 15.0 Å². The number of carbonyl (C=O) groups excluding carboxylic acids is 1. The summed E-state index contributed by atoms with van der Waals surface area (Å²) < 4.78 is 44.5. The Morgan fingerprint density at radius 3 is 2.58 bits per heavy atom. The highest BCUT2D eigenvalue weighted by molar-refractivity contribution is 7.88. The predicted molar refractivity (Wildman–Crippen MR) is 162 cm³/mol. The molecule has 3 N–H and O–H groups in total. The van der Waals surface area contributed by atoms with Gasteiger partial charge in [-0.15, -0.1) is 0 Å². The number of hydrogen-bond acceptors (Lipinski definition) is 8. The van der Waals surface area contributed by atoms with Crippen LogP contribution in [0.4, 0.5) is 16.0 Å². The van der Waals surface area contributed by atoms with Gasteiger partial charge in [0.2, 0.25) is 5.95 Å². The van der Waals surface area contributed by atoms with Crippen molar-refractivity contribution in [3.8, 4) is 0 Å². The number of rotatable bonds is 8. The molecule has 1 aliphatic carbocycles. The molecule has 0 spiro atoms. The number of halogens is 2. The van der Waals surface area contributed by atoms with Crippen LogP contribution in [0.1, 0.15) is 58.5 Å². The zero-order valence-electron chi connectivity index (χ0n) is 23.6. The summed E-state index contributed by atoms with van der Waals surface area (Å²) in [7, 11) is -2.43. The molecule has 6 rings (SSSR count). The Bertz CT molecular complexity index is 1960. The number of benzene rings is 2. The summed E-state index contributed by atoms with van der Waals surface area (Å²) in [6.45, 7) is 4.59. The SMILES string of the molecule is Cc1cc([C@@H](C)Nc2ccc(Cl)nc2C(=O)NS(=O)(=O)NC2CC2)c2nc(N3Cc4ccc(F)cc4C3)n(C)c(=O)c2c1. The van der Waals surface area contributed by atoms with E-state index in [4.69, 9.17) is 16.6 Å². The van der Waals surface area contributed by atoms with Gasteiger partial charge in [0.1, 0.15) is 11.0 Å². The van der Waals surface area contributed by atoms with Crippen LogP contribution in [0.15, 0.2) is 47.3 Å². The monoisotopic (exact) mass is 625 g/mol. The molecule has 2 aliphatic rings. The second-order valence-corrected chi connectivity index (χ2v) is 12.9. The van der Waals surface area contributed by atoms with E-state index in [9.17, 15) is 22.4 Å². The maximum atomic E-state index is 13.9. The fraction of sp³-hybridized carbons (Fsp3) is 0.310. The Kier molecular flexibility index (Phi) is 7.35. The van der Waals surface area contributed by atoms with E-state index in [-0.39, 0.29) is 34.0 Å². The molecule has 224 valence electrons. The van der Waals surface area contributed by atoms with Crippen LogP contribution in [0, 0.1) is 12.7 Å². The first-order chi connectivity index (χ1) is 20.4. The molecule has 11 nitrogen and oxygen atoms in total. The van der Waals surface area contributed by atoms with E-state index in [0.29, 0.717) is 48.3 Å². The average Bonchev–Trinajstić information content (AvgIpc) is 3.65. The molecule has 4 aromatic rings. The van der Waals surface area contributed by atoms with Crippen LogP contribution in [0.5, 0.6) is 0 Å². The minimum Gasteiger partial charge on any atom is -0.377 e. The quantitative estimate of drug-likeness (QED) is 0.251. The molecule has 1 atom stereocenters.